The monoisotopic (exact) mass is 338 g/mol. The zero-order valence-corrected chi connectivity index (χ0v) is 14.4. The maximum absolute atomic E-state index is 12.5. The van der Waals surface area contributed by atoms with Crippen molar-refractivity contribution in [1.29, 1.82) is 0 Å². The zero-order chi connectivity index (χ0) is 17.1. The van der Waals surface area contributed by atoms with E-state index in [2.05, 4.69) is 10.3 Å². The first-order valence-electron chi connectivity index (χ1n) is 7.64. The van der Waals surface area contributed by atoms with Gasteiger partial charge in [-0.1, -0.05) is 36.4 Å². The van der Waals surface area contributed by atoms with Crippen molar-refractivity contribution < 1.29 is 9.90 Å². The fraction of sp³-hybridized carbons (Fsp3) is 0.158. The fourth-order valence-electron chi connectivity index (χ4n) is 2.44. The molecule has 4 nitrogen and oxygen atoms in total. The first-order valence-corrected chi connectivity index (χ1v) is 8.46. The van der Waals surface area contributed by atoms with E-state index in [1.54, 1.807) is 12.1 Å². The summed E-state index contributed by atoms with van der Waals surface area (Å²) in [5, 5.41) is 13.6. The molecule has 0 unspecified atom stereocenters. The van der Waals surface area contributed by atoms with Crippen LogP contribution in [0.4, 0.5) is 5.69 Å². The number of hydrogen-bond acceptors (Lipinski definition) is 4. The summed E-state index contributed by atoms with van der Waals surface area (Å²) in [6, 6.07) is 15.2. The number of anilines is 1. The van der Waals surface area contributed by atoms with E-state index >= 15 is 0 Å². The highest BCUT2D eigenvalue weighted by atomic mass is 32.1. The van der Waals surface area contributed by atoms with Crippen molar-refractivity contribution in [2.45, 2.75) is 20.3 Å². The summed E-state index contributed by atoms with van der Waals surface area (Å²) >= 11 is 1.39. The van der Waals surface area contributed by atoms with E-state index in [0.717, 1.165) is 16.1 Å². The third kappa shape index (κ3) is 3.63. The topological polar surface area (TPSA) is 62.2 Å². The van der Waals surface area contributed by atoms with E-state index in [1.807, 2.05) is 50.2 Å². The van der Waals surface area contributed by atoms with E-state index < -0.39 is 0 Å². The molecule has 1 heterocycles. The largest absolute Gasteiger partial charge is 0.506 e. The smallest absolute Gasteiger partial charge is 0.267 e. The Balaban J connectivity index is 1.78. The molecule has 24 heavy (non-hydrogen) atoms. The molecule has 1 aromatic heterocycles. The molecule has 0 atom stereocenters. The molecule has 1 amide bonds. The molecule has 3 rings (SSSR count). The SMILES string of the molecule is Cc1ccc(NC(=O)c2sc(Cc3ccccc3)nc2C)c(O)c1. The molecule has 3 aromatic rings. The number of phenolic OH excluding ortho intramolecular Hbond substituents is 1. The summed E-state index contributed by atoms with van der Waals surface area (Å²) in [5.74, 6) is -0.182. The number of aromatic hydroxyl groups is 1. The average Bonchev–Trinajstić information content (AvgIpc) is 2.91. The highest BCUT2D eigenvalue weighted by Crippen LogP contribution is 2.27. The lowest BCUT2D eigenvalue weighted by molar-refractivity contribution is 0.102. The number of hydrogen-bond donors (Lipinski definition) is 2. The highest BCUT2D eigenvalue weighted by Gasteiger charge is 2.17. The van der Waals surface area contributed by atoms with Crippen LogP contribution >= 0.6 is 11.3 Å². The van der Waals surface area contributed by atoms with Crippen molar-refractivity contribution in [1.82, 2.24) is 4.98 Å². The number of phenols is 1. The van der Waals surface area contributed by atoms with Crippen molar-refractivity contribution in [3.05, 3.63) is 75.2 Å². The highest BCUT2D eigenvalue weighted by molar-refractivity contribution is 7.14. The minimum absolute atomic E-state index is 0.0648. The first-order chi connectivity index (χ1) is 11.5. The predicted octanol–water partition coefficient (Wildman–Crippen LogP) is 4.31. The van der Waals surface area contributed by atoms with Gasteiger partial charge in [-0.3, -0.25) is 4.79 Å². The second-order valence-corrected chi connectivity index (χ2v) is 6.74. The molecule has 0 radical (unpaired) electrons. The van der Waals surface area contributed by atoms with E-state index in [0.29, 0.717) is 22.7 Å². The molecular formula is C19H18N2O2S. The van der Waals surface area contributed by atoms with Gasteiger partial charge in [-0.25, -0.2) is 4.98 Å². The van der Waals surface area contributed by atoms with Crippen LogP contribution < -0.4 is 5.32 Å². The maximum Gasteiger partial charge on any atom is 0.267 e. The Morgan fingerprint density at radius 1 is 1.17 bits per heavy atom. The van der Waals surface area contributed by atoms with Crippen molar-refractivity contribution >= 4 is 22.9 Å². The fourth-order valence-corrected chi connectivity index (χ4v) is 3.43. The van der Waals surface area contributed by atoms with Crippen LogP contribution in [0.5, 0.6) is 5.75 Å². The second kappa shape index (κ2) is 6.84. The molecule has 0 aliphatic rings. The number of amides is 1. The second-order valence-electron chi connectivity index (χ2n) is 5.66. The van der Waals surface area contributed by atoms with Gasteiger partial charge in [0.25, 0.3) is 5.91 Å². The maximum atomic E-state index is 12.5. The van der Waals surface area contributed by atoms with Gasteiger partial charge in [-0.2, -0.15) is 0 Å². The molecule has 0 saturated heterocycles. The molecule has 0 aliphatic heterocycles. The van der Waals surface area contributed by atoms with Crippen LogP contribution in [-0.4, -0.2) is 16.0 Å². The predicted molar refractivity (Wildman–Crippen MR) is 96.9 cm³/mol. The molecule has 0 aliphatic carbocycles. The van der Waals surface area contributed by atoms with Crippen LogP contribution in [-0.2, 0) is 6.42 Å². The molecule has 2 N–H and O–H groups in total. The Morgan fingerprint density at radius 3 is 2.62 bits per heavy atom. The van der Waals surface area contributed by atoms with Crippen molar-refractivity contribution in [2.24, 2.45) is 0 Å². The summed E-state index contributed by atoms with van der Waals surface area (Å²) in [4.78, 5) is 17.6. The van der Waals surface area contributed by atoms with Crippen LogP contribution in [0, 0.1) is 13.8 Å². The molecule has 5 heteroatoms. The van der Waals surface area contributed by atoms with Gasteiger partial charge in [0.05, 0.1) is 16.4 Å². The van der Waals surface area contributed by atoms with Gasteiger partial charge in [0.15, 0.2) is 0 Å². The van der Waals surface area contributed by atoms with Gasteiger partial charge in [0, 0.05) is 6.42 Å². The van der Waals surface area contributed by atoms with Crippen LogP contribution in [0.25, 0.3) is 0 Å². The normalized spacial score (nSPS) is 10.6. The molecule has 0 spiro atoms. The summed E-state index contributed by atoms with van der Waals surface area (Å²) in [5.41, 5.74) is 3.21. The lowest BCUT2D eigenvalue weighted by Crippen LogP contribution is -2.11. The number of carbonyl (C=O) groups excluding carboxylic acids is 1. The molecule has 122 valence electrons. The Labute approximate surface area is 144 Å². The number of aromatic nitrogens is 1. The number of carbonyl (C=O) groups is 1. The molecule has 0 fully saturated rings. The van der Waals surface area contributed by atoms with Crippen LogP contribution in [0.3, 0.4) is 0 Å². The minimum Gasteiger partial charge on any atom is -0.506 e. The average molecular weight is 338 g/mol. The van der Waals surface area contributed by atoms with Crippen molar-refractivity contribution in [2.75, 3.05) is 5.32 Å². The Kier molecular flexibility index (Phi) is 4.62. The Bertz CT molecular complexity index is 872. The molecule has 0 saturated carbocycles. The van der Waals surface area contributed by atoms with Gasteiger partial charge in [0.1, 0.15) is 10.6 Å². The number of nitrogens with zero attached hydrogens (tertiary/aromatic N) is 1. The number of thiazole rings is 1. The van der Waals surface area contributed by atoms with Crippen molar-refractivity contribution in [3.8, 4) is 5.75 Å². The molecule has 0 bridgehead atoms. The summed E-state index contributed by atoms with van der Waals surface area (Å²) in [6.07, 6.45) is 0.704. The molecular weight excluding hydrogens is 320 g/mol. The lowest BCUT2D eigenvalue weighted by Gasteiger charge is -2.07. The van der Waals surface area contributed by atoms with E-state index in [9.17, 15) is 9.90 Å². The Morgan fingerprint density at radius 2 is 1.92 bits per heavy atom. The first kappa shape index (κ1) is 16.2. The Hall–Kier alpha value is -2.66. The van der Waals surface area contributed by atoms with Gasteiger partial charge >= 0.3 is 0 Å². The lowest BCUT2D eigenvalue weighted by atomic mass is 10.2. The standard InChI is InChI=1S/C19H18N2O2S/c1-12-8-9-15(16(22)10-12)21-19(23)18-13(2)20-17(24-18)11-14-6-4-3-5-7-14/h3-10,22H,11H2,1-2H3,(H,21,23). The van der Waals surface area contributed by atoms with E-state index in [1.165, 1.54) is 11.3 Å². The quantitative estimate of drug-likeness (QED) is 0.697. The van der Waals surface area contributed by atoms with Crippen LogP contribution in [0.2, 0.25) is 0 Å². The van der Waals surface area contributed by atoms with Gasteiger partial charge in [-0.05, 0) is 37.1 Å². The number of rotatable bonds is 4. The number of nitrogens with one attached hydrogen (secondary N) is 1. The van der Waals surface area contributed by atoms with Crippen LogP contribution in [0.1, 0.15) is 31.5 Å². The number of benzene rings is 2. The van der Waals surface area contributed by atoms with E-state index in [4.69, 9.17) is 0 Å². The third-order valence-electron chi connectivity index (χ3n) is 3.65. The third-order valence-corrected chi connectivity index (χ3v) is 4.80. The summed E-state index contributed by atoms with van der Waals surface area (Å²) < 4.78 is 0. The van der Waals surface area contributed by atoms with Gasteiger partial charge in [-0.15, -0.1) is 11.3 Å². The molecule has 2 aromatic carbocycles. The zero-order valence-electron chi connectivity index (χ0n) is 13.5. The van der Waals surface area contributed by atoms with Crippen LogP contribution in [0.15, 0.2) is 48.5 Å². The summed E-state index contributed by atoms with van der Waals surface area (Å²) in [6.45, 7) is 3.71. The minimum atomic E-state index is -0.247. The van der Waals surface area contributed by atoms with Gasteiger partial charge in [0.2, 0.25) is 0 Å². The summed E-state index contributed by atoms with van der Waals surface area (Å²) in [7, 11) is 0. The van der Waals surface area contributed by atoms with E-state index in [-0.39, 0.29) is 11.7 Å². The van der Waals surface area contributed by atoms with Crippen molar-refractivity contribution in [3.63, 3.8) is 0 Å². The number of aryl methyl sites for hydroxylation is 2. The van der Waals surface area contributed by atoms with Gasteiger partial charge < -0.3 is 10.4 Å².